The molecule has 0 saturated heterocycles. The van der Waals surface area contributed by atoms with Crippen LogP contribution in [0.25, 0.3) is 0 Å². The summed E-state index contributed by atoms with van der Waals surface area (Å²) >= 11 is 0. The predicted octanol–water partition coefficient (Wildman–Crippen LogP) is 2.93. The Balaban J connectivity index is 1.67. The van der Waals surface area contributed by atoms with Gasteiger partial charge < -0.3 is 10.4 Å². The van der Waals surface area contributed by atoms with E-state index in [9.17, 15) is 9.59 Å². The fourth-order valence-corrected chi connectivity index (χ4v) is 3.31. The van der Waals surface area contributed by atoms with Gasteiger partial charge in [0, 0.05) is 11.6 Å². The quantitative estimate of drug-likeness (QED) is 0.827. The second-order valence-corrected chi connectivity index (χ2v) is 5.66. The highest BCUT2D eigenvalue weighted by Crippen LogP contribution is 2.61. The summed E-state index contributed by atoms with van der Waals surface area (Å²) in [6.45, 7) is 2.15. The highest BCUT2D eigenvalue weighted by atomic mass is 16.4. The zero-order chi connectivity index (χ0) is 14.3. The summed E-state index contributed by atoms with van der Waals surface area (Å²) < 4.78 is 0. The molecule has 1 saturated carbocycles. The summed E-state index contributed by atoms with van der Waals surface area (Å²) in [6, 6.07) is 6.35. The van der Waals surface area contributed by atoms with Crippen molar-refractivity contribution >= 4 is 17.6 Å². The number of hydrogen-bond acceptors (Lipinski definition) is 2. The number of allylic oxidation sites excluding steroid dienone is 2. The first kappa shape index (κ1) is 12.9. The molecule has 1 amide bonds. The van der Waals surface area contributed by atoms with E-state index in [2.05, 4.69) is 24.4 Å². The molecule has 3 unspecified atom stereocenters. The number of carbonyl (C=O) groups excluding carboxylic acids is 1. The molecular formula is C16H17NO3. The highest BCUT2D eigenvalue weighted by molar-refractivity contribution is 5.96. The first-order valence-corrected chi connectivity index (χ1v) is 6.89. The van der Waals surface area contributed by atoms with Gasteiger partial charge in [-0.05, 0) is 42.4 Å². The zero-order valence-corrected chi connectivity index (χ0v) is 11.3. The second kappa shape index (κ2) is 4.47. The van der Waals surface area contributed by atoms with Crippen LogP contribution in [-0.2, 0) is 4.79 Å². The molecule has 0 aliphatic heterocycles. The monoisotopic (exact) mass is 271 g/mol. The molecule has 2 aliphatic carbocycles. The van der Waals surface area contributed by atoms with Crippen molar-refractivity contribution in [3.05, 3.63) is 42.0 Å². The van der Waals surface area contributed by atoms with Crippen molar-refractivity contribution in [3.63, 3.8) is 0 Å². The summed E-state index contributed by atoms with van der Waals surface area (Å²) in [7, 11) is 0. The molecule has 1 aromatic carbocycles. The number of carbonyl (C=O) groups is 2. The maximum absolute atomic E-state index is 12.2. The lowest BCUT2D eigenvalue weighted by Gasteiger charge is -2.57. The van der Waals surface area contributed by atoms with Gasteiger partial charge in [-0.3, -0.25) is 4.79 Å². The minimum Gasteiger partial charge on any atom is -0.478 e. The van der Waals surface area contributed by atoms with E-state index in [1.807, 2.05) is 0 Å². The number of anilines is 1. The minimum atomic E-state index is -0.989. The number of aromatic carboxylic acids is 1. The molecule has 2 aliphatic rings. The molecule has 3 rings (SSSR count). The van der Waals surface area contributed by atoms with Crippen LogP contribution in [0.4, 0.5) is 5.69 Å². The molecule has 4 nitrogen and oxygen atoms in total. The lowest BCUT2D eigenvalue weighted by Crippen LogP contribution is -2.54. The van der Waals surface area contributed by atoms with Gasteiger partial charge in [-0.2, -0.15) is 0 Å². The van der Waals surface area contributed by atoms with Crippen molar-refractivity contribution in [1.29, 1.82) is 0 Å². The zero-order valence-electron chi connectivity index (χ0n) is 11.3. The Labute approximate surface area is 117 Å². The van der Waals surface area contributed by atoms with Crippen LogP contribution in [0.1, 0.15) is 30.1 Å². The van der Waals surface area contributed by atoms with E-state index in [0.29, 0.717) is 11.6 Å². The molecule has 0 spiro atoms. The third-order valence-corrected chi connectivity index (χ3v) is 4.70. The molecule has 1 aromatic rings. The number of nitrogens with one attached hydrogen (secondary N) is 1. The van der Waals surface area contributed by atoms with Crippen LogP contribution in [-0.4, -0.2) is 17.0 Å². The summed E-state index contributed by atoms with van der Waals surface area (Å²) in [6.07, 6.45) is 6.30. The van der Waals surface area contributed by atoms with Crippen LogP contribution in [0, 0.1) is 17.3 Å². The van der Waals surface area contributed by atoms with E-state index in [-0.39, 0.29) is 22.8 Å². The van der Waals surface area contributed by atoms with Gasteiger partial charge in [0.25, 0.3) is 0 Å². The Morgan fingerprint density at radius 1 is 1.45 bits per heavy atom. The number of fused-ring (bicyclic) bond motifs is 1. The number of carboxylic acids is 1. The van der Waals surface area contributed by atoms with Crippen LogP contribution in [0.2, 0.25) is 0 Å². The van der Waals surface area contributed by atoms with Gasteiger partial charge in [0.05, 0.1) is 5.56 Å². The van der Waals surface area contributed by atoms with Crippen LogP contribution < -0.4 is 5.32 Å². The van der Waals surface area contributed by atoms with E-state index in [0.717, 1.165) is 12.8 Å². The minimum absolute atomic E-state index is 0.00837. The lowest BCUT2D eigenvalue weighted by atomic mass is 9.46. The first-order valence-electron chi connectivity index (χ1n) is 6.89. The smallest absolute Gasteiger partial charge is 0.335 e. The largest absolute Gasteiger partial charge is 0.478 e. The van der Waals surface area contributed by atoms with Crippen molar-refractivity contribution in [3.8, 4) is 0 Å². The Morgan fingerprint density at radius 3 is 2.80 bits per heavy atom. The van der Waals surface area contributed by atoms with Crippen molar-refractivity contribution < 1.29 is 14.7 Å². The lowest BCUT2D eigenvalue weighted by molar-refractivity contribution is -0.131. The maximum atomic E-state index is 12.2. The molecule has 1 fully saturated rings. The van der Waals surface area contributed by atoms with Crippen LogP contribution >= 0.6 is 0 Å². The molecular weight excluding hydrogens is 254 g/mol. The molecule has 104 valence electrons. The van der Waals surface area contributed by atoms with Crippen molar-refractivity contribution in [1.82, 2.24) is 0 Å². The average molecular weight is 271 g/mol. The van der Waals surface area contributed by atoms with Crippen molar-refractivity contribution in [2.45, 2.75) is 19.8 Å². The van der Waals surface area contributed by atoms with Crippen molar-refractivity contribution in [2.75, 3.05) is 5.32 Å². The van der Waals surface area contributed by atoms with Crippen molar-refractivity contribution in [2.24, 2.45) is 17.3 Å². The van der Waals surface area contributed by atoms with Gasteiger partial charge in [-0.1, -0.05) is 25.1 Å². The van der Waals surface area contributed by atoms with Crippen LogP contribution in [0.5, 0.6) is 0 Å². The van der Waals surface area contributed by atoms with Gasteiger partial charge in [0.15, 0.2) is 0 Å². The maximum Gasteiger partial charge on any atom is 0.335 e. The topological polar surface area (TPSA) is 66.4 Å². The summed E-state index contributed by atoms with van der Waals surface area (Å²) in [5.74, 6) is -0.619. The average Bonchev–Trinajstić information content (AvgIpc) is 2.42. The van der Waals surface area contributed by atoms with E-state index < -0.39 is 5.97 Å². The number of hydrogen-bond donors (Lipinski definition) is 2. The SMILES string of the molecule is CCC12C=CC1C(C(=O)Nc1cccc(C(=O)O)c1)C2. The van der Waals surface area contributed by atoms with E-state index in [4.69, 9.17) is 5.11 Å². The van der Waals surface area contributed by atoms with Crippen LogP contribution in [0.15, 0.2) is 36.4 Å². The Hall–Kier alpha value is -2.10. The summed E-state index contributed by atoms with van der Waals surface area (Å²) in [5.41, 5.74) is 0.986. The molecule has 0 radical (unpaired) electrons. The highest BCUT2D eigenvalue weighted by Gasteiger charge is 2.56. The van der Waals surface area contributed by atoms with Gasteiger partial charge >= 0.3 is 5.97 Å². The Kier molecular flexibility index (Phi) is 2.89. The van der Waals surface area contributed by atoms with E-state index in [1.165, 1.54) is 12.1 Å². The summed E-state index contributed by atoms with van der Waals surface area (Å²) in [5, 5.41) is 11.8. The predicted molar refractivity (Wildman–Crippen MR) is 75.5 cm³/mol. The van der Waals surface area contributed by atoms with Gasteiger partial charge in [0.2, 0.25) is 5.91 Å². The molecule has 2 N–H and O–H groups in total. The third-order valence-electron chi connectivity index (χ3n) is 4.70. The van der Waals surface area contributed by atoms with Gasteiger partial charge in [-0.15, -0.1) is 0 Å². The molecule has 0 bridgehead atoms. The number of amides is 1. The number of carboxylic acid groups (broad SMARTS) is 1. The standard InChI is InChI=1S/C16H17NO3/c1-2-16-7-6-13(16)12(9-16)14(18)17-11-5-3-4-10(8-11)15(19)20/h3-8,12-13H,2,9H2,1H3,(H,17,18)(H,19,20). The molecule has 20 heavy (non-hydrogen) atoms. The molecule has 4 heteroatoms. The normalized spacial score (nSPS) is 29.9. The molecule has 0 aromatic heterocycles. The van der Waals surface area contributed by atoms with Crippen LogP contribution in [0.3, 0.4) is 0 Å². The third kappa shape index (κ3) is 1.83. The van der Waals surface area contributed by atoms with Gasteiger partial charge in [0.1, 0.15) is 0 Å². The molecule has 3 atom stereocenters. The van der Waals surface area contributed by atoms with E-state index in [1.54, 1.807) is 12.1 Å². The Morgan fingerprint density at radius 2 is 2.25 bits per heavy atom. The second-order valence-electron chi connectivity index (χ2n) is 5.66. The number of rotatable bonds is 4. The fraction of sp³-hybridized carbons (Fsp3) is 0.375. The first-order chi connectivity index (χ1) is 9.55. The van der Waals surface area contributed by atoms with Gasteiger partial charge in [-0.25, -0.2) is 4.79 Å². The fourth-order valence-electron chi connectivity index (χ4n) is 3.31. The number of benzene rings is 1. The molecule has 0 heterocycles. The summed E-state index contributed by atoms with van der Waals surface area (Å²) in [4.78, 5) is 23.1. The van der Waals surface area contributed by atoms with E-state index >= 15 is 0 Å². The Bertz CT molecular complexity index is 607.